The zero-order chi connectivity index (χ0) is 53.2. The van der Waals surface area contributed by atoms with Crippen LogP contribution in [0, 0.1) is 178 Å². The van der Waals surface area contributed by atoms with E-state index in [9.17, 15) is 14.4 Å². The lowest BCUT2D eigenvalue weighted by molar-refractivity contribution is -0.140. The summed E-state index contributed by atoms with van der Waals surface area (Å²) in [6, 6.07) is 0. The van der Waals surface area contributed by atoms with Gasteiger partial charge in [-0.15, -0.1) is 29.6 Å². The molecule has 0 spiro atoms. The standard InChI is InChI=1S/C24H24O2.C21H26O2.C21H22O2/c1-3-4-5-6-7-8-9-10-11-12-13-14-15-16-17-18-19-20-21-22-23-24(25)26-2;2*1-21(23)19-17-15-13-11-9-7-5-3-2-4-6-8-10-12-14-16-18-20-22/h3-4,7,10,13,16,19,22-23H2,1-2H3;22H,3,6,9,12,14-20H2,1H3;22H,3,6,9,12,15,17-20H2,1H3. The van der Waals surface area contributed by atoms with Crippen LogP contribution in [0.3, 0.4) is 0 Å². The molecule has 0 rings (SSSR count). The molecule has 0 radical (unpaired) electrons. The zero-order valence-electron chi connectivity index (χ0n) is 43.5. The molecule has 0 amide bonds. The van der Waals surface area contributed by atoms with Gasteiger partial charge in [-0.2, -0.15) is 0 Å². The summed E-state index contributed by atoms with van der Waals surface area (Å²) in [6.07, 6.45) is 18.2. The quantitative estimate of drug-likeness (QED) is 0.102. The second-order valence-electron chi connectivity index (χ2n) is 14.4. The predicted octanol–water partition coefficient (Wildman–Crippen LogP) is 9.90. The van der Waals surface area contributed by atoms with E-state index >= 15 is 0 Å². The molecule has 0 aromatic rings. The fraction of sp³-hybridized carbons (Fsp3) is 0.500. The van der Waals surface area contributed by atoms with Crippen LogP contribution in [0.5, 0.6) is 0 Å². The third-order valence-electron chi connectivity index (χ3n) is 7.91. The van der Waals surface area contributed by atoms with Crippen LogP contribution in [0.2, 0.25) is 0 Å². The molecular weight excluding hydrogens is 889 g/mol. The van der Waals surface area contributed by atoms with Crippen LogP contribution in [0.1, 0.15) is 194 Å². The van der Waals surface area contributed by atoms with Crippen molar-refractivity contribution in [3.63, 3.8) is 0 Å². The van der Waals surface area contributed by atoms with Crippen molar-refractivity contribution in [3.8, 4) is 178 Å². The number of carbonyl (C=O) groups excluding carboxylic acids is 3. The summed E-state index contributed by atoms with van der Waals surface area (Å²) < 4.78 is 4.52. The summed E-state index contributed by atoms with van der Waals surface area (Å²) in [5, 5.41) is 17.1. The molecule has 72 heavy (non-hydrogen) atoms. The number of Topliss-reactive ketones (excluding diaryl/α,β-unsaturated/α-hetero) is 2. The Hall–Kier alpha value is -7.87. The summed E-state index contributed by atoms with van der Waals surface area (Å²) in [5.41, 5.74) is 0. The monoisotopic (exact) mass is 961 g/mol. The average Bonchev–Trinajstić information content (AvgIpc) is 3.37. The van der Waals surface area contributed by atoms with Crippen LogP contribution in [0.15, 0.2) is 0 Å². The minimum absolute atomic E-state index is 0.0956. The molecule has 2 N–H and O–H groups in total. The van der Waals surface area contributed by atoms with Crippen molar-refractivity contribution in [2.24, 2.45) is 0 Å². The number of carbonyl (C=O) groups is 3. The molecule has 0 fully saturated rings. The molecule has 0 aromatic heterocycles. The number of unbranched alkanes of at least 4 members (excludes halogenated alkanes) is 6. The molecule has 0 aliphatic carbocycles. The number of ketones is 2. The van der Waals surface area contributed by atoms with Crippen molar-refractivity contribution in [2.45, 2.75) is 194 Å². The fourth-order valence-electron chi connectivity index (χ4n) is 4.36. The van der Waals surface area contributed by atoms with Gasteiger partial charge in [0, 0.05) is 58.0 Å². The molecule has 372 valence electrons. The first-order chi connectivity index (χ1) is 35.3. The van der Waals surface area contributed by atoms with E-state index in [2.05, 4.69) is 189 Å². The van der Waals surface area contributed by atoms with Gasteiger partial charge in [0.2, 0.25) is 0 Å². The summed E-state index contributed by atoms with van der Waals surface area (Å²) in [5.74, 6) is 88.9. The largest absolute Gasteiger partial charge is 0.469 e. The summed E-state index contributed by atoms with van der Waals surface area (Å²) in [4.78, 5) is 32.3. The molecule has 0 saturated carbocycles. The third kappa shape index (κ3) is 73.7. The Balaban J connectivity index is -0.000000995. The van der Waals surface area contributed by atoms with Gasteiger partial charge >= 0.3 is 5.97 Å². The molecule has 0 saturated heterocycles. The Labute approximate surface area is 437 Å². The highest BCUT2D eigenvalue weighted by atomic mass is 16.5. The summed E-state index contributed by atoms with van der Waals surface area (Å²) in [6.45, 7) is 5.67. The molecular formula is C66H72O6. The molecule has 0 unspecified atom stereocenters. The van der Waals surface area contributed by atoms with Crippen LogP contribution < -0.4 is 0 Å². The Morgan fingerprint density at radius 1 is 0.306 bits per heavy atom. The fourth-order valence-corrected chi connectivity index (χ4v) is 4.36. The second-order valence-corrected chi connectivity index (χ2v) is 14.4. The van der Waals surface area contributed by atoms with E-state index in [4.69, 9.17) is 10.2 Å². The molecule has 0 heterocycles. The highest BCUT2D eigenvalue weighted by Crippen LogP contribution is 1.98. The molecule has 6 nitrogen and oxygen atoms in total. The van der Waals surface area contributed by atoms with E-state index in [1.807, 2.05) is 0 Å². The number of ether oxygens (including phenoxy) is 1. The SMILES string of the molecule is CC(=O)CCCC#CCC#CCC#CCC#CCC#CCCO.CC(=O)CCCC#CCC#CCC#CCC#CCCCCCO.CCCC#CCC#CCC#CCC#CCC#CCC#CCCC(=O)OC. The average molecular weight is 961 g/mol. The van der Waals surface area contributed by atoms with Gasteiger partial charge < -0.3 is 24.5 Å². The van der Waals surface area contributed by atoms with Crippen LogP contribution in [-0.2, 0) is 19.1 Å². The number of hydrogen-bond donors (Lipinski definition) is 2. The lowest BCUT2D eigenvalue weighted by atomic mass is 10.2. The van der Waals surface area contributed by atoms with Gasteiger partial charge in [0.1, 0.15) is 11.6 Å². The van der Waals surface area contributed by atoms with Gasteiger partial charge in [-0.1, -0.05) is 161 Å². The Bertz CT molecular complexity index is 2550. The third-order valence-corrected chi connectivity index (χ3v) is 7.91. The van der Waals surface area contributed by atoms with E-state index in [0.29, 0.717) is 109 Å². The van der Waals surface area contributed by atoms with E-state index in [-0.39, 0.29) is 30.7 Å². The number of aliphatic hydroxyl groups excluding tert-OH is 2. The minimum atomic E-state index is -0.243. The van der Waals surface area contributed by atoms with E-state index in [1.54, 1.807) is 13.8 Å². The number of esters is 1. The molecule has 0 aromatic carbocycles. The first-order valence-corrected chi connectivity index (χ1v) is 24.5. The van der Waals surface area contributed by atoms with Crippen LogP contribution in [0.4, 0.5) is 0 Å². The van der Waals surface area contributed by atoms with Crippen LogP contribution in [-0.4, -0.2) is 48.1 Å². The van der Waals surface area contributed by atoms with Gasteiger partial charge in [-0.3, -0.25) is 4.79 Å². The van der Waals surface area contributed by atoms with Crippen LogP contribution >= 0.6 is 0 Å². The molecule has 0 atom stereocenters. The summed E-state index contributed by atoms with van der Waals surface area (Å²) in [7, 11) is 1.37. The Morgan fingerprint density at radius 3 is 0.833 bits per heavy atom. The van der Waals surface area contributed by atoms with Crippen molar-refractivity contribution in [2.75, 3.05) is 20.3 Å². The van der Waals surface area contributed by atoms with Gasteiger partial charge in [-0.05, 0) is 46.0 Å². The number of methoxy groups -OCH3 is 1. The highest BCUT2D eigenvalue weighted by Gasteiger charge is 1.95. The minimum Gasteiger partial charge on any atom is -0.469 e. The van der Waals surface area contributed by atoms with Crippen molar-refractivity contribution in [3.05, 3.63) is 0 Å². The highest BCUT2D eigenvalue weighted by molar-refractivity contribution is 5.75. The first kappa shape index (κ1) is 68.4. The topological polar surface area (TPSA) is 101 Å². The number of rotatable bonds is 14. The number of hydrogen-bond acceptors (Lipinski definition) is 6. The Morgan fingerprint density at radius 2 is 0.569 bits per heavy atom. The van der Waals surface area contributed by atoms with Crippen molar-refractivity contribution in [1.29, 1.82) is 0 Å². The predicted molar refractivity (Wildman–Crippen MR) is 295 cm³/mol. The van der Waals surface area contributed by atoms with Crippen molar-refractivity contribution >= 4 is 17.5 Å². The first-order valence-electron chi connectivity index (χ1n) is 24.5. The molecule has 0 aliphatic rings. The van der Waals surface area contributed by atoms with Crippen molar-refractivity contribution in [1.82, 2.24) is 0 Å². The summed E-state index contributed by atoms with van der Waals surface area (Å²) >= 11 is 0. The lowest BCUT2D eigenvalue weighted by Gasteiger charge is -1.91. The van der Waals surface area contributed by atoms with E-state index in [0.717, 1.165) is 64.2 Å². The maximum absolute atomic E-state index is 10.8. The molecule has 0 bridgehead atoms. The zero-order valence-corrected chi connectivity index (χ0v) is 43.5. The Kier molecular flexibility index (Phi) is 61.9. The van der Waals surface area contributed by atoms with Gasteiger partial charge in [0.25, 0.3) is 0 Å². The smallest absolute Gasteiger partial charge is 0.306 e. The maximum Gasteiger partial charge on any atom is 0.306 e. The van der Waals surface area contributed by atoms with Crippen molar-refractivity contribution < 1.29 is 29.3 Å². The second kappa shape index (κ2) is 65.2. The van der Waals surface area contributed by atoms with Gasteiger partial charge in [0.05, 0.1) is 97.2 Å². The van der Waals surface area contributed by atoms with Gasteiger partial charge in [-0.25, -0.2) is 0 Å². The molecule has 0 aliphatic heterocycles. The van der Waals surface area contributed by atoms with Gasteiger partial charge in [0.15, 0.2) is 0 Å². The number of aliphatic hydroxyl groups is 2. The lowest BCUT2D eigenvalue weighted by Crippen LogP contribution is -1.98. The molecule has 6 heteroatoms. The van der Waals surface area contributed by atoms with E-state index < -0.39 is 0 Å². The maximum atomic E-state index is 10.8. The normalized spacial score (nSPS) is 7.69. The van der Waals surface area contributed by atoms with Crippen LogP contribution in [0.25, 0.3) is 0 Å². The van der Waals surface area contributed by atoms with E-state index in [1.165, 1.54) is 7.11 Å².